The predicted molar refractivity (Wildman–Crippen MR) is 107 cm³/mol. The molecule has 3 aliphatic carbocycles. The molecule has 31 heavy (non-hydrogen) atoms. The van der Waals surface area contributed by atoms with Crippen LogP contribution in [0.4, 0.5) is 0 Å². The summed E-state index contributed by atoms with van der Waals surface area (Å²) in [5.41, 5.74) is 1.24. The van der Waals surface area contributed by atoms with Gasteiger partial charge >= 0.3 is 0 Å². The van der Waals surface area contributed by atoms with Gasteiger partial charge in [0, 0.05) is 84.5 Å². The molecular weight excluding hydrogens is 912 g/mol. The topological polar surface area (TPSA) is 77.4 Å². The van der Waals surface area contributed by atoms with E-state index in [-0.39, 0.29) is 75.4 Å². The maximum absolute atomic E-state index is 8.67. The molecular formula is C22H36O6W3. The molecule has 0 spiro atoms. The van der Waals surface area contributed by atoms with Crippen LogP contribution >= 0.6 is 0 Å². The number of aliphatic hydroxyl groups is 2. The number of hydrogen-bond donors (Lipinski definition) is 2. The van der Waals surface area contributed by atoms with E-state index in [2.05, 4.69) is 12.1 Å². The van der Waals surface area contributed by atoms with Crippen LogP contribution < -0.4 is 0 Å². The van der Waals surface area contributed by atoms with Crippen molar-refractivity contribution in [1.29, 1.82) is 0 Å². The van der Waals surface area contributed by atoms with Gasteiger partial charge < -0.3 is 29.2 Å². The first kappa shape index (κ1) is 34.2. The standard InChI is InChI=1S/C12H16O2.2C5H10O2.3W/c1-13-11-7-12(8-11)14-9-10-5-3-2-4-6-10;2*1-7-5-2-4(6)3-5;;;/h2-6,11-12H,7-9H2,1H3;2*4-6H,2-3H2,1H3;;;. The van der Waals surface area contributed by atoms with Crippen molar-refractivity contribution in [3.05, 3.63) is 35.9 Å². The fourth-order valence-electron chi connectivity index (χ4n) is 3.09. The summed E-state index contributed by atoms with van der Waals surface area (Å²) in [5, 5.41) is 17.3. The number of benzene rings is 1. The molecule has 0 saturated heterocycles. The molecule has 9 heteroatoms. The molecule has 0 aliphatic heterocycles. The fraction of sp³-hybridized carbons (Fsp3) is 0.727. The monoisotopic (exact) mass is 948 g/mol. The molecule has 0 bridgehead atoms. The zero-order valence-corrected chi connectivity index (χ0v) is 27.4. The van der Waals surface area contributed by atoms with E-state index in [9.17, 15) is 0 Å². The minimum absolute atomic E-state index is 0. The Morgan fingerprint density at radius 3 is 1.35 bits per heavy atom. The Bertz CT molecular complexity index is 503. The predicted octanol–water partition coefficient (Wildman–Crippen LogP) is 2.69. The van der Waals surface area contributed by atoms with Crippen LogP contribution in [0.1, 0.15) is 44.1 Å². The second-order valence-corrected chi connectivity index (χ2v) is 7.71. The summed E-state index contributed by atoms with van der Waals surface area (Å²) in [5.74, 6) is 0. The molecule has 178 valence electrons. The molecule has 0 radical (unpaired) electrons. The van der Waals surface area contributed by atoms with Crippen LogP contribution in [0, 0.1) is 0 Å². The van der Waals surface area contributed by atoms with Gasteiger partial charge in [0.15, 0.2) is 0 Å². The Balaban J connectivity index is 0. The summed E-state index contributed by atoms with van der Waals surface area (Å²) in [6.45, 7) is 0.724. The van der Waals surface area contributed by atoms with Gasteiger partial charge in [-0.1, -0.05) is 30.3 Å². The first-order valence-corrected chi connectivity index (χ1v) is 10.1. The minimum atomic E-state index is -0.0788. The maximum Gasteiger partial charge on any atom is 0.0720 e. The van der Waals surface area contributed by atoms with E-state index in [4.69, 9.17) is 29.2 Å². The van der Waals surface area contributed by atoms with Gasteiger partial charge in [0.2, 0.25) is 0 Å². The Hall–Kier alpha value is 1.04. The van der Waals surface area contributed by atoms with Gasteiger partial charge in [-0.05, 0) is 44.1 Å². The van der Waals surface area contributed by atoms with E-state index in [1.165, 1.54) is 5.56 Å². The van der Waals surface area contributed by atoms with Gasteiger partial charge in [-0.3, -0.25) is 0 Å². The van der Waals surface area contributed by atoms with E-state index < -0.39 is 0 Å². The van der Waals surface area contributed by atoms with E-state index in [1.807, 2.05) is 18.2 Å². The minimum Gasteiger partial charge on any atom is -0.393 e. The second-order valence-electron chi connectivity index (χ2n) is 7.71. The van der Waals surface area contributed by atoms with Crippen molar-refractivity contribution in [3.8, 4) is 0 Å². The van der Waals surface area contributed by atoms with E-state index >= 15 is 0 Å². The summed E-state index contributed by atoms with van der Waals surface area (Å²) in [7, 11) is 5.12. The Labute approximate surface area is 229 Å². The van der Waals surface area contributed by atoms with Crippen LogP contribution in [0.2, 0.25) is 0 Å². The summed E-state index contributed by atoms with van der Waals surface area (Å²) in [6.07, 6.45) is 6.77. The average Bonchev–Trinajstić information content (AvgIpc) is 2.63. The van der Waals surface area contributed by atoms with Gasteiger partial charge in [-0.15, -0.1) is 0 Å². The zero-order chi connectivity index (χ0) is 20.4. The molecule has 1 aromatic rings. The molecule has 1 aromatic carbocycles. The van der Waals surface area contributed by atoms with Crippen LogP contribution in [0.15, 0.2) is 30.3 Å². The van der Waals surface area contributed by atoms with Gasteiger partial charge in [0.25, 0.3) is 0 Å². The molecule has 4 rings (SSSR count). The van der Waals surface area contributed by atoms with Crippen molar-refractivity contribution in [3.63, 3.8) is 0 Å². The van der Waals surface area contributed by atoms with Gasteiger partial charge in [0.05, 0.1) is 43.2 Å². The van der Waals surface area contributed by atoms with Crippen LogP contribution in [-0.4, -0.2) is 68.2 Å². The summed E-state index contributed by atoms with van der Waals surface area (Å²) in [4.78, 5) is 0. The molecule has 0 aromatic heterocycles. The summed E-state index contributed by atoms with van der Waals surface area (Å²) >= 11 is 0. The third-order valence-corrected chi connectivity index (χ3v) is 5.52. The normalized spacial score (nSPS) is 29.8. The molecule has 0 heterocycles. The molecule has 3 aliphatic rings. The van der Waals surface area contributed by atoms with E-state index in [0.717, 1.165) is 45.1 Å². The molecule has 6 nitrogen and oxygen atoms in total. The van der Waals surface area contributed by atoms with Gasteiger partial charge in [0.1, 0.15) is 0 Å². The largest absolute Gasteiger partial charge is 0.393 e. The summed E-state index contributed by atoms with van der Waals surface area (Å²) in [6, 6.07) is 10.3. The zero-order valence-electron chi connectivity index (χ0n) is 18.6. The van der Waals surface area contributed by atoms with Crippen LogP contribution in [0.25, 0.3) is 0 Å². The number of rotatable bonds is 6. The fourth-order valence-corrected chi connectivity index (χ4v) is 3.09. The molecule has 2 N–H and O–H groups in total. The van der Waals surface area contributed by atoms with Crippen molar-refractivity contribution in [2.45, 2.75) is 81.8 Å². The van der Waals surface area contributed by atoms with Crippen molar-refractivity contribution >= 4 is 0 Å². The Kier molecular flexibility index (Phi) is 21.4. The number of methoxy groups -OCH3 is 3. The number of aliphatic hydroxyl groups excluding tert-OH is 2. The van der Waals surface area contributed by atoms with Crippen LogP contribution in [-0.2, 0) is 88.8 Å². The number of hydrogen-bond acceptors (Lipinski definition) is 6. The summed E-state index contributed by atoms with van der Waals surface area (Å²) < 4.78 is 20.7. The molecule has 0 atom stereocenters. The number of ether oxygens (including phenoxy) is 4. The first-order valence-electron chi connectivity index (χ1n) is 10.1. The Morgan fingerprint density at radius 2 is 1.03 bits per heavy atom. The van der Waals surface area contributed by atoms with E-state index in [1.54, 1.807) is 21.3 Å². The van der Waals surface area contributed by atoms with Crippen molar-refractivity contribution in [2.24, 2.45) is 0 Å². The first-order chi connectivity index (χ1) is 13.5. The molecule has 0 amide bonds. The van der Waals surface area contributed by atoms with Crippen LogP contribution in [0.5, 0.6) is 0 Å². The van der Waals surface area contributed by atoms with Crippen molar-refractivity contribution in [2.75, 3.05) is 21.3 Å². The molecule has 0 unspecified atom stereocenters. The van der Waals surface area contributed by atoms with Crippen LogP contribution in [0.3, 0.4) is 0 Å². The van der Waals surface area contributed by atoms with Crippen molar-refractivity contribution < 1.29 is 92.4 Å². The van der Waals surface area contributed by atoms with Gasteiger partial charge in [-0.2, -0.15) is 0 Å². The molecule has 3 saturated carbocycles. The van der Waals surface area contributed by atoms with Crippen molar-refractivity contribution in [1.82, 2.24) is 0 Å². The third-order valence-electron chi connectivity index (χ3n) is 5.52. The maximum atomic E-state index is 8.67. The van der Waals surface area contributed by atoms with Gasteiger partial charge in [-0.25, -0.2) is 0 Å². The average molecular weight is 948 g/mol. The Morgan fingerprint density at radius 1 is 0.645 bits per heavy atom. The SMILES string of the molecule is COC1CC(O)C1.COC1CC(O)C1.COC1CC(OCc2ccccc2)C1.[W].[W].[W]. The quantitative estimate of drug-likeness (QED) is 0.458. The van der Waals surface area contributed by atoms with E-state index in [0.29, 0.717) is 24.4 Å². The third kappa shape index (κ3) is 13.5. The molecule has 3 fully saturated rings. The smallest absolute Gasteiger partial charge is 0.0720 e. The second kappa shape index (κ2) is 19.4.